The van der Waals surface area contributed by atoms with Gasteiger partial charge in [0.1, 0.15) is 0 Å². The summed E-state index contributed by atoms with van der Waals surface area (Å²) in [6.07, 6.45) is -13.2. The zero-order valence-electron chi connectivity index (χ0n) is 26.3. The molecule has 1 atom stereocenters. The second-order valence-electron chi connectivity index (χ2n) is 5.27. The molecule has 0 saturated carbocycles. The zero-order valence-corrected chi connectivity index (χ0v) is 13.3. The van der Waals surface area contributed by atoms with Crippen molar-refractivity contribution in [3.05, 3.63) is 83.3 Å². The number of nitrogens with one attached hydrogen (secondary N) is 1. The monoisotopic (exact) mass is 370 g/mol. The van der Waals surface area contributed by atoms with Crippen LogP contribution in [0.4, 0.5) is 13.2 Å². The number of rotatable bonds is 6. The minimum atomic E-state index is -5.44. The summed E-state index contributed by atoms with van der Waals surface area (Å²) in [6, 6.07) is 2.81. The Hall–Kier alpha value is -2.33. The van der Waals surface area contributed by atoms with Crippen LogP contribution in [-0.4, -0.2) is 6.50 Å². The molecular weight excluding hydrogens is 335 g/mol. The van der Waals surface area contributed by atoms with Gasteiger partial charge in [0.25, 0.3) is 0 Å². The molecule has 0 radical (unpaired) electrons. The van der Waals surface area contributed by atoms with E-state index >= 15 is 0 Å². The summed E-state index contributed by atoms with van der Waals surface area (Å²) >= 11 is 0. The third kappa shape index (κ3) is 4.44. The van der Waals surface area contributed by atoms with Crippen molar-refractivity contribution in [2.75, 3.05) is 6.50 Å². The van der Waals surface area contributed by atoms with Crippen LogP contribution in [0.25, 0.3) is 10.8 Å². The molecule has 3 aromatic carbocycles. The maximum atomic E-state index is 13.6. The standard InChI is InChI=1S/C22H22F3N/c1-16(20-13-5-10-18-9-2-3-12-21(18)20)26-14-6-8-17-7-4-11-19(15-17)22(23,24)25/h2-5,7,9-13,15-16,26H,6,8,14H2,1H3/t16-/m1/s1/i1D3,4D,6D2,7D,8D2,11D,14D2,15D. The lowest BCUT2D eigenvalue weighted by Gasteiger charge is -2.17. The van der Waals surface area contributed by atoms with Gasteiger partial charge in [-0.2, -0.15) is 13.2 Å². The van der Waals surface area contributed by atoms with Crippen LogP contribution in [0.5, 0.6) is 0 Å². The molecule has 3 aromatic rings. The predicted molar refractivity (Wildman–Crippen MR) is 100 cm³/mol. The number of halogens is 3. The van der Waals surface area contributed by atoms with Crippen molar-refractivity contribution in [3.8, 4) is 0 Å². The van der Waals surface area contributed by atoms with Crippen molar-refractivity contribution >= 4 is 10.8 Å². The van der Waals surface area contributed by atoms with E-state index in [2.05, 4.69) is 0 Å². The molecule has 0 heterocycles. The molecule has 136 valence electrons. The van der Waals surface area contributed by atoms with Gasteiger partial charge in [-0.25, -0.2) is 0 Å². The van der Waals surface area contributed by atoms with Gasteiger partial charge < -0.3 is 5.32 Å². The predicted octanol–water partition coefficient (Wildman–Crippen LogP) is 6.14. The van der Waals surface area contributed by atoms with E-state index in [1.165, 1.54) is 12.1 Å². The summed E-state index contributed by atoms with van der Waals surface area (Å²) in [7, 11) is 0. The van der Waals surface area contributed by atoms with Gasteiger partial charge in [0, 0.05) is 18.4 Å². The Kier molecular flexibility index (Phi) is 2.48. The van der Waals surface area contributed by atoms with Gasteiger partial charge in [0.2, 0.25) is 0 Å². The van der Waals surface area contributed by atoms with Crippen LogP contribution in [0, 0.1) is 0 Å². The first-order chi connectivity index (χ1) is 17.6. The molecular formula is C22H22F3N. The lowest BCUT2D eigenvalue weighted by molar-refractivity contribution is -0.137. The normalized spacial score (nSPS) is 22.5. The highest BCUT2D eigenvalue weighted by atomic mass is 19.4. The topological polar surface area (TPSA) is 12.0 Å². The van der Waals surface area contributed by atoms with E-state index in [0.29, 0.717) is 10.8 Å². The molecule has 3 rings (SSSR count). The van der Waals surface area contributed by atoms with Crippen molar-refractivity contribution in [1.29, 1.82) is 0 Å². The molecule has 0 saturated heterocycles. The number of hydrogen-bond acceptors (Lipinski definition) is 1. The van der Waals surface area contributed by atoms with E-state index in [1.54, 1.807) is 30.3 Å². The SMILES string of the molecule is [2H]c1c([2H])c(C(F)(F)F)c([2H])c(C([2H])([2H])C([2H])([2H])C([2H])([2H])N[C@@H](c2cccc3ccccc23)C([2H])([2H])[2H])c1[2H]. The van der Waals surface area contributed by atoms with Gasteiger partial charge in [-0.05, 0) is 54.0 Å². The van der Waals surface area contributed by atoms with Crippen molar-refractivity contribution in [3.63, 3.8) is 0 Å². The summed E-state index contributed by atoms with van der Waals surface area (Å²) in [5, 5.41) is 2.94. The fourth-order valence-corrected chi connectivity index (χ4v) is 2.33. The Balaban J connectivity index is 2.21. The lowest BCUT2D eigenvalue weighted by atomic mass is 9.99. The second kappa shape index (κ2) is 7.92. The first-order valence-electron chi connectivity index (χ1n) is 14.0. The molecule has 0 fully saturated rings. The van der Waals surface area contributed by atoms with Crippen LogP contribution in [-0.2, 0) is 12.5 Å². The number of benzene rings is 3. The first-order valence-corrected chi connectivity index (χ1v) is 7.50. The van der Waals surface area contributed by atoms with E-state index in [-0.39, 0.29) is 5.56 Å². The smallest absolute Gasteiger partial charge is 0.310 e. The molecule has 4 heteroatoms. The van der Waals surface area contributed by atoms with Crippen molar-refractivity contribution in [2.24, 2.45) is 0 Å². The van der Waals surface area contributed by atoms with Crippen LogP contribution in [0.2, 0.25) is 0 Å². The van der Waals surface area contributed by atoms with Gasteiger partial charge in [0.15, 0.2) is 0 Å². The summed E-state index contributed by atoms with van der Waals surface area (Å²) in [4.78, 5) is 0. The van der Waals surface area contributed by atoms with Crippen LogP contribution in [0.15, 0.2) is 66.6 Å². The van der Waals surface area contributed by atoms with Crippen LogP contribution >= 0.6 is 0 Å². The Bertz CT molecular complexity index is 1400. The highest BCUT2D eigenvalue weighted by Crippen LogP contribution is 2.29. The van der Waals surface area contributed by atoms with Gasteiger partial charge in [0.05, 0.1) is 11.0 Å². The van der Waals surface area contributed by atoms with Crippen molar-refractivity contribution in [2.45, 2.75) is 31.8 Å². The lowest BCUT2D eigenvalue weighted by Crippen LogP contribution is -2.20. The Labute approximate surface area is 170 Å². The van der Waals surface area contributed by atoms with Crippen LogP contribution < -0.4 is 5.32 Å². The van der Waals surface area contributed by atoms with Gasteiger partial charge in [-0.15, -0.1) is 0 Å². The minimum Gasteiger partial charge on any atom is -0.310 e. The van der Waals surface area contributed by atoms with Crippen molar-refractivity contribution in [1.82, 2.24) is 5.32 Å². The molecule has 1 nitrogen and oxygen atoms in total. The summed E-state index contributed by atoms with van der Waals surface area (Å²) in [6.45, 7) is -6.66. The Morgan fingerprint density at radius 3 is 2.77 bits per heavy atom. The van der Waals surface area contributed by atoms with E-state index in [4.69, 9.17) is 17.8 Å². The molecule has 0 aliphatic carbocycles. The molecule has 1 N–H and O–H groups in total. The molecule has 0 unspecified atom stereocenters. The number of fused-ring (bicyclic) bond motifs is 1. The van der Waals surface area contributed by atoms with Crippen LogP contribution in [0.3, 0.4) is 0 Å². The highest BCUT2D eigenvalue weighted by Gasteiger charge is 2.30. The van der Waals surface area contributed by atoms with Gasteiger partial charge in [-0.1, -0.05) is 60.6 Å². The number of hydrogen-bond donors (Lipinski definition) is 1. The van der Waals surface area contributed by atoms with E-state index < -0.39 is 73.6 Å². The maximum absolute atomic E-state index is 13.6. The second-order valence-corrected chi connectivity index (χ2v) is 5.27. The first kappa shape index (κ1) is 8.13. The van der Waals surface area contributed by atoms with Crippen LogP contribution in [0.1, 0.15) is 53.8 Å². The third-order valence-electron chi connectivity index (χ3n) is 3.51. The summed E-state index contributed by atoms with van der Waals surface area (Å²) in [5.74, 6) is 0. The highest BCUT2D eigenvalue weighted by molar-refractivity contribution is 5.86. The Morgan fingerprint density at radius 2 is 1.96 bits per heavy atom. The van der Waals surface area contributed by atoms with E-state index in [0.717, 1.165) is 0 Å². The fraction of sp³-hybridized carbons (Fsp3) is 0.273. The molecule has 0 aliphatic heterocycles. The average molecular weight is 370 g/mol. The molecule has 0 spiro atoms. The summed E-state index contributed by atoms with van der Waals surface area (Å²) < 4.78 is 146. The van der Waals surface area contributed by atoms with Gasteiger partial charge >= 0.3 is 6.18 Å². The number of alkyl halides is 3. The molecule has 26 heavy (non-hydrogen) atoms. The summed E-state index contributed by atoms with van der Waals surface area (Å²) in [5.41, 5.74) is -3.66. The van der Waals surface area contributed by atoms with E-state index in [9.17, 15) is 13.2 Å². The average Bonchev–Trinajstić information content (AvgIpc) is 2.79. The maximum Gasteiger partial charge on any atom is 0.416 e. The minimum absolute atomic E-state index is 0.0158. The van der Waals surface area contributed by atoms with E-state index in [1.807, 2.05) is 5.32 Å². The molecule has 0 aromatic heterocycles. The quantitative estimate of drug-likeness (QED) is 0.549. The van der Waals surface area contributed by atoms with Crippen molar-refractivity contribution < 1.29 is 31.0 Å². The fourth-order valence-electron chi connectivity index (χ4n) is 2.33. The third-order valence-corrected chi connectivity index (χ3v) is 3.51. The molecule has 0 bridgehead atoms. The molecule has 0 amide bonds. The Morgan fingerprint density at radius 1 is 1.15 bits per heavy atom. The zero-order chi connectivity index (χ0) is 29.9. The molecule has 0 aliphatic rings. The largest absolute Gasteiger partial charge is 0.416 e. The van der Waals surface area contributed by atoms with Gasteiger partial charge in [-0.3, -0.25) is 0 Å².